The molecule has 0 amide bonds. The summed E-state index contributed by atoms with van der Waals surface area (Å²) < 4.78 is 26.8. The average Bonchev–Trinajstić information content (AvgIpc) is 2.46. The van der Waals surface area contributed by atoms with Gasteiger partial charge in [0.25, 0.3) is 10.0 Å². The third-order valence-corrected chi connectivity index (χ3v) is 3.77. The van der Waals surface area contributed by atoms with Crippen LogP contribution in [0.4, 0.5) is 5.69 Å². The van der Waals surface area contributed by atoms with Crippen LogP contribution < -0.4 is 4.72 Å². The van der Waals surface area contributed by atoms with Crippen molar-refractivity contribution in [1.82, 2.24) is 4.98 Å². The first kappa shape index (κ1) is 14.1. The Hall–Kier alpha value is -2.36. The van der Waals surface area contributed by atoms with E-state index in [0.29, 0.717) is 11.3 Å². The van der Waals surface area contributed by atoms with Crippen LogP contribution >= 0.6 is 0 Å². The van der Waals surface area contributed by atoms with Gasteiger partial charge in [-0.2, -0.15) is 0 Å². The molecule has 0 spiro atoms. The van der Waals surface area contributed by atoms with E-state index in [4.69, 9.17) is 5.11 Å². The Kier molecular flexibility index (Phi) is 4.35. The summed E-state index contributed by atoms with van der Waals surface area (Å²) in [4.78, 5) is 3.93. The summed E-state index contributed by atoms with van der Waals surface area (Å²) in [7, 11) is -3.67. The van der Waals surface area contributed by atoms with Crippen LogP contribution in [0, 0.1) is 11.8 Å². The second kappa shape index (κ2) is 6.19. The lowest BCUT2D eigenvalue weighted by molar-refractivity contribution is 0.350. The molecule has 0 saturated carbocycles. The smallest absolute Gasteiger partial charge is 0.261 e. The van der Waals surface area contributed by atoms with Crippen LogP contribution in [0.15, 0.2) is 53.7 Å². The molecule has 20 heavy (non-hydrogen) atoms. The summed E-state index contributed by atoms with van der Waals surface area (Å²) in [6.07, 6.45) is 3.00. The Morgan fingerprint density at radius 2 is 1.95 bits per heavy atom. The number of anilines is 1. The minimum Gasteiger partial charge on any atom is -0.384 e. The SMILES string of the molecule is O=S(=O)(Nc1ccncc1)c1cccc(C#CCO)c1. The quantitative estimate of drug-likeness (QED) is 0.832. The molecule has 2 aromatic rings. The highest BCUT2D eigenvalue weighted by Gasteiger charge is 2.14. The van der Waals surface area contributed by atoms with Gasteiger partial charge in [0.1, 0.15) is 6.61 Å². The molecular formula is C14H12N2O3S. The molecule has 0 aliphatic rings. The molecule has 0 fully saturated rings. The van der Waals surface area contributed by atoms with Crippen molar-refractivity contribution in [1.29, 1.82) is 0 Å². The number of aliphatic hydroxyl groups excluding tert-OH is 1. The molecule has 0 saturated heterocycles. The Balaban J connectivity index is 2.30. The lowest BCUT2D eigenvalue weighted by Crippen LogP contribution is -2.13. The lowest BCUT2D eigenvalue weighted by atomic mass is 10.2. The van der Waals surface area contributed by atoms with Gasteiger partial charge in [0.15, 0.2) is 0 Å². The van der Waals surface area contributed by atoms with Gasteiger partial charge in [0.05, 0.1) is 10.6 Å². The number of pyridine rings is 1. The van der Waals surface area contributed by atoms with E-state index < -0.39 is 10.0 Å². The van der Waals surface area contributed by atoms with E-state index >= 15 is 0 Å². The summed E-state index contributed by atoms with van der Waals surface area (Å²) in [5.74, 6) is 5.14. The fourth-order valence-corrected chi connectivity index (χ4v) is 2.62. The standard InChI is InChI=1S/C14H12N2O3S/c17-10-2-4-12-3-1-5-14(11-12)20(18,19)16-13-6-8-15-9-7-13/h1,3,5-9,11,17H,10H2,(H,15,16). The number of benzene rings is 1. The minimum atomic E-state index is -3.67. The molecule has 0 aliphatic heterocycles. The Labute approximate surface area is 117 Å². The van der Waals surface area contributed by atoms with Crippen molar-refractivity contribution in [3.05, 3.63) is 54.4 Å². The molecule has 0 aliphatic carbocycles. The molecule has 0 bridgehead atoms. The van der Waals surface area contributed by atoms with Crippen molar-refractivity contribution in [3.8, 4) is 11.8 Å². The van der Waals surface area contributed by atoms with Crippen molar-refractivity contribution >= 4 is 15.7 Å². The molecule has 1 heterocycles. The van der Waals surface area contributed by atoms with Crippen LogP contribution in [0.25, 0.3) is 0 Å². The first-order valence-electron chi connectivity index (χ1n) is 5.74. The summed E-state index contributed by atoms with van der Waals surface area (Å²) in [5, 5.41) is 8.64. The molecule has 5 nitrogen and oxygen atoms in total. The molecule has 0 unspecified atom stereocenters. The fraction of sp³-hybridized carbons (Fsp3) is 0.0714. The third kappa shape index (κ3) is 3.57. The monoisotopic (exact) mass is 288 g/mol. The van der Waals surface area contributed by atoms with Gasteiger partial charge >= 0.3 is 0 Å². The van der Waals surface area contributed by atoms with Gasteiger partial charge in [0.2, 0.25) is 0 Å². The van der Waals surface area contributed by atoms with Crippen molar-refractivity contribution < 1.29 is 13.5 Å². The van der Waals surface area contributed by atoms with Gasteiger partial charge in [0, 0.05) is 18.0 Å². The van der Waals surface area contributed by atoms with E-state index in [1.165, 1.54) is 24.5 Å². The highest BCUT2D eigenvalue weighted by molar-refractivity contribution is 7.92. The van der Waals surface area contributed by atoms with Gasteiger partial charge in [-0.1, -0.05) is 17.9 Å². The number of nitrogens with zero attached hydrogens (tertiary/aromatic N) is 1. The van der Waals surface area contributed by atoms with Gasteiger partial charge < -0.3 is 5.11 Å². The Morgan fingerprint density at radius 1 is 1.20 bits per heavy atom. The van der Waals surface area contributed by atoms with Gasteiger partial charge in [-0.15, -0.1) is 0 Å². The van der Waals surface area contributed by atoms with E-state index in [1.807, 2.05) is 0 Å². The first-order chi connectivity index (χ1) is 9.62. The number of aliphatic hydroxyl groups is 1. The largest absolute Gasteiger partial charge is 0.384 e. The number of nitrogens with one attached hydrogen (secondary N) is 1. The van der Waals surface area contributed by atoms with Crippen molar-refractivity contribution in [2.75, 3.05) is 11.3 Å². The van der Waals surface area contributed by atoms with Gasteiger partial charge in [-0.25, -0.2) is 8.42 Å². The molecule has 102 valence electrons. The fourth-order valence-electron chi connectivity index (χ4n) is 1.52. The normalized spacial score (nSPS) is 10.4. The highest BCUT2D eigenvalue weighted by atomic mass is 32.2. The third-order valence-electron chi connectivity index (χ3n) is 2.39. The topological polar surface area (TPSA) is 79.3 Å². The average molecular weight is 288 g/mol. The summed E-state index contributed by atoms with van der Waals surface area (Å²) in [5.41, 5.74) is 0.962. The molecule has 0 radical (unpaired) electrons. The molecule has 6 heteroatoms. The van der Waals surface area contributed by atoms with Crippen molar-refractivity contribution in [2.24, 2.45) is 0 Å². The van der Waals surface area contributed by atoms with Crippen molar-refractivity contribution in [3.63, 3.8) is 0 Å². The number of aromatic nitrogens is 1. The van der Waals surface area contributed by atoms with E-state index in [-0.39, 0.29) is 11.5 Å². The van der Waals surface area contributed by atoms with E-state index in [2.05, 4.69) is 21.5 Å². The second-order valence-electron chi connectivity index (χ2n) is 3.83. The zero-order valence-corrected chi connectivity index (χ0v) is 11.3. The number of hydrogen-bond donors (Lipinski definition) is 2. The highest BCUT2D eigenvalue weighted by Crippen LogP contribution is 2.16. The van der Waals surface area contributed by atoms with Crippen molar-refractivity contribution in [2.45, 2.75) is 4.90 Å². The van der Waals surface area contributed by atoms with Crippen LogP contribution in [0.3, 0.4) is 0 Å². The van der Waals surface area contributed by atoms with Crippen LogP contribution in [-0.4, -0.2) is 25.1 Å². The van der Waals surface area contributed by atoms with E-state index in [9.17, 15) is 8.42 Å². The Bertz CT molecular complexity index is 747. The number of sulfonamides is 1. The molecule has 2 rings (SSSR count). The second-order valence-corrected chi connectivity index (χ2v) is 5.51. The van der Waals surface area contributed by atoms with Crippen LogP contribution in [0.5, 0.6) is 0 Å². The predicted octanol–water partition coefficient (Wildman–Crippen LogP) is 1.23. The molecular weight excluding hydrogens is 276 g/mol. The van der Waals surface area contributed by atoms with E-state index in [1.54, 1.807) is 24.3 Å². The predicted molar refractivity (Wildman–Crippen MR) is 75.5 cm³/mol. The molecule has 1 aromatic heterocycles. The van der Waals surface area contributed by atoms with E-state index in [0.717, 1.165) is 0 Å². The van der Waals surface area contributed by atoms with Crippen LogP contribution in [0.2, 0.25) is 0 Å². The molecule has 1 aromatic carbocycles. The van der Waals surface area contributed by atoms with Gasteiger partial charge in [-0.05, 0) is 30.3 Å². The maximum Gasteiger partial charge on any atom is 0.261 e. The Morgan fingerprint density at radius 3 is 2.65 bits per heavy atom. The molecule has 0 atom stereocenters. The minimum absolute atomic E-state index is 0.110. The zero-order valence-electron chi connectivity index (χ0n) is 10.4. The number of hydrogen-bond acceptors (Lipinski definition) is 4. The zero-order chi connectivity index (χ0) is 14.4. The lowest BCUT2D eigenvalue weighted by Gasteiger charge is -2.07. The maximum absolute atomic E-state index is 12.2. The number of rotatable bonds is 3. The van der Waals surface area contributed by atoms with Gasteiger partial charge in [-0.3, -0.25) is 9.71 Å². The maximum atomic E-state index is 12.2. The van der Waals surface area contributed by atoms with Crippen LogP contribution in [-0.2, 0) is 10.0 Å². The van der Waals surface area contributed by atoms with Crippen LogP contribution in [0.1, 0.15) is 5.56 Å². The summed E-state index contributed by atoms with van der Waals surface area (Å²) in [6, 6.07) is 9.33. The summed E-state index contributed by atoms with van der Waals surface area (Å²) in [6.45, 7) is -0.272. The first-order valence-corrected chi connectivity index (χ1v) is 7.23. The molecule has 2 N–H and O–H groups in total. The summed E-state index contributed by atoms with van der Waals surface area (Å²) >= 11 is 0.